The van der Waals surface area contributed by atoms with E-state index in [2.05, 4.69) is 42.2 Å². The molecule has 9 heavy (non-hydrogen) atoms. The highest BCUT2D eigenvalue weighted by Gasteiger charge is 2.10. The molecule has 0 heterocycles. The highest BCUT2D eigenvalue weighted by atomic mass is 127. The molecule has 0 fully saturated rings. The van der Waals surface area contributed by atoms with Gasteiger partial charge < -0.3 is 0 Å². The van der Waals surface area contributed by atoms with Gasteiger partial charge in [0.1, 0.15) is 22.0 Å². The van der Waals surface area contributed by atoms with Crippen molar-refractivity contribution < 1.29 is 0 Å². The topological polar surface area (TPSA) is 0 Å². The number of allylic oxidation sites excluding steroid dienone is 2. The normalized spacial score (nSPS) is 12.1. The fraction of sp³-hybridized carbons (Fsp3) is 0.333. The minimum absolute atomic E-state index is 0.247. The van der Waals surface area contributed by atoms with Gasteiger partial charge in [0, 0.05) is 5.44 Å². The Labute approximate surface area is 72.2 Å². The van der Waals surface area contributed by atoms with E-state index >= 15 is 0 Å². The van der Waals surface area contributed by atoms with Crippen LogP contribution in [0.4, 0.5) is 0 Å². The van der Waals surface area contributed by atoms with E-state index in [0.717, 1.165) is 6.32 Å². The zero-order valence-corrected chi connectivity index (χ0v) is 8.60. The molecule has 0 amide bonds. The molecule has 0 aliphatic rings. The molecule has 0 spiro atoms. The van der Waals surface area contributed by atoms with Crippen molar-refractivity contribution >= 4 is 34.5 Å². The van der Waals surface area contributed by atoms with Crippen molar-refractivity contribution in [2.45, 2.75) is 6.32 Å². The van der Waals surface area contributed by atoms with Gasteiger partial charge in [-0.3, -0.25) is 0 Å². The third-order valence-electron chi connectivity index (χ3n) is 0.845. The maximum Gasteiger partial charge on any atom is 0.368 e. The lowest BCUT2D eigenvalue weighted by molar-refractivity contribution is 1.74. The Hall–Kier alpha value is 0.705. The molecular formula is C6H11BIP+. The van der Waals surface area contributed by atoms with Gasteiger partial charge in [-0.25, -0.2) is 0 Å². The summed E-state index contributed by atoms with van der Waals surface area (Å²) in [5.41, 5.74) is -0.247. The largest absolute Gasteiger partial charge is 0.368 e. The van der Waals surface area contributed by atoms with Gasteiger partial charge in [0.05, 0.1) is 6.16 Å². The second kappa shape index (κ2) is 6.82. The van der Waals surface area contributed by atoms with Crippen molar-refractivity contribution in [3.8, 4) is 0 Å². The molecule has 0 nitrogen and oxygen atoms in total. The zero-order valence-electron chi connectivity index (χ0n) is 5.44. The van der Waals surface area contributed by atoms with E-state index in [1.165, 1.54) is 6.16 Å². The Morgan fingerprint density at radius 3 is 2.56 bits per heavy atom. The quantitative estimate of drug-likeness (QED) is 0.305. The van der Waals surface area contributed by atoms with E-state index < -0.39 is 0 Å². The van der Waals surface area contributed by atoms with E-state index in [4.69, 9.17) is 0 Å². The van der Waals surface area contributed by atoms with Crippen LogP contribution >= 0.6 is 27.5 Å². The van der Waals surface area contributed by atoms with E-state index in [-0.39, 0.29) is 5.44 Å². The summed E-state index contributed by atoms with van der Waals surface area (Å²) in [5.74, 6) is 0. The Kier molecular flexibility index (Phi) is 7.35. The first-order valence-electron chi connectivity index (χ1n) is 2.87. The molecule has 0 aliphatic heterocycles. The molecule has 0 aromatic rings. The van der Waals surface area contributed by atoms with Crippen molar-refractivity contribution in [1.82, 2.24) is 0 Å². The molecule has 1 radical (unpaired) electrons. The third-order valence-corrected chi connectivity index (χ3v) is 4.85. The molecule has 0 saturated carbocycles. The first-order valence-corrected chi connectivity index (χ1v) is 7.77. The Bertz CT molecular complexity index is 95.1. The molecule has 0 N–H and O–H groups in total. The van der Waals surface area contributed by atoms with Crippen LogP contribution in [0.5, 0.6) is 0 Å². The number of hydrogen-bond acceptors (Lipinski definition) is 0. The molecular weight excluding hydrogens is 241 g/mol. The van der Waals surface area contributed by atoms with Crippen LogP contribution in [0.25, 0.3) is 0 Å². The summed E-state index contributed by atoms with van der Waals surface area (Å²) in [4.78, 5) is 0. The summed E-state index contributed by atoms with van der Waals surface area (Å²) in [5, 5.41) is 0. The summed E-state index contributed by atoms with van der Waals surface area (Å²) >= 11 is 2.49. The summed E-state index contributed by atoms with van der Waals surface area (Å²) < 4.78 is 0. The molecule has 0 aliphatic carbocycles. The molecule has 1 atom stereocenters. The third kappa shape index (κ3) is 6.59. The van der Waals surface area contributed by atoms with Gasteiger partial charge in [-0.05, 0) is 6.32 Å². The smallest absolute Gasteiger partial charge is 0.104 e. The van der Waals surface area contributed by atoms with Gasteiger partial charge in [-0.2, -0.15) is 0 Å². The van der Waals surface area contributed by atoms with Crippen molar-refractivity contribution in [3.05, 3.63) is 25.3 Å². The highest BCUT2D eigenvalue weighted by molar-refractivity contribution is 14.2. The van der Waals surface area contributed by atoms with Gasteiger partial charge in [-0.15, -0.1) is 6.58 Å². The van der Waals surface area contributed by atoms with Gasteiger partial charge in [0.2, 0.25) is 0 Å². The van der Waals surface area contributed by atoms with Crippen molar-refractivity contribution in [2.24, 2.45) is 0 Å². The maximum absolute atomic E-state index is 3.68. The molecule has 3 heteroatoms. The molecule has 0 bridgehead atoms. The van der Waals surface area contributed by atoms with Crippen LogP contribution in [-0.2, 0) is 0 Å². The van der Waals surface area contributed by atoms with E-state index in [1.54, 1.807) is 0 Å². The predicted octanol–water partition coefficient (Wildman–Crippen LogP) is 2.96. The van der Waals surface area contributed by atoms with E-state index in [9.17, 15) is 0 Å². The van der Waals surface area contributed by atoms with E-state index in [0.29, 0.717) is 0 Å². The fourth-order valence-corrected chi connectivity index (χ4v) is 2.99. The van der Waals surface area contributed by atoms with Crippen LogP contribution in [0.15, 0.2) is 25.3 Å². The van der Waals surface area contributed by atoms with Gasteiger partial charge >= 0.3 is 7.00 Å². The minimum Gasteiger partial charge on any atom is -0.104 e. The minimum atomic E-state index is -0.247. The van der Waals surface area contributed by atoms with Crippen LogP contribution in [0, 0.1) is 0 Å². The van der Waals surface area contributed by atoms with Crippen LogP contribution in [-0.4, -0.2) is 13.2 Å². The maximum atomic E-state index is 3.68. The first kappa shape index (κ1) is 9.70. The van der Waals surface area contributed by atoms with Crippen molar-refractivity contribution in [3.63, 3.8) is 0 Å². The Balaban J connectivity index is 3.14. The highest BCUT2D eigenvalue weighted by Crippen LogP contribution is 2.43. The molecule has 1 unspecified atom stereocenters. The Morgan fingerprint density at radius 2 is 2.11 bits per heavy atom. The van der Waals surface area contributed by atoms with Crippen LogP contribution in [0.1, 0.15) is 0 Å². The molecule has 0 saturated heterocycles. The molecule has 0 aromatic heterocycles. The second-order valence-electron chi connectivity index (χ2n) is 1.67. The summed E-state index contributed by atoms with van der Waals surface area (Å²) in [6, 6.07) is 0. The molecule has 0 aromatic carbocycles. The number of halogens is 1. The second-order valence-corrected chi connectivity index (χ2v) is 7.54. The summed E-state index contributed by atoms with van der Waals surface area (Å²) in [6.45, 7) is 9.67. The van der Waals surface area contributed by atoms with Crippen molar-refractivity contribution in [1.29, 1.82) is 0 Å². The van der Waals surface area contributed by atoms with Crippen LogP contribution in [0.3, 0.4) is 0 Å². The Morgan fingerprint density at radius 1 is 1.44 bits per heavy atom. The average Bonchev–Trinajstić information content (AvgIpc) is 1.85. The van der Waals surface area contributed by atoms with Crippen molar-refractivity contribution in [2.75, 3.05) is 6.16 Å². The standard InChI is InChI=1S/C6H11BIP/c1-3-5-7-9(8)6-4-2/h3-4,9H,1-2,5-6H2/q+1. The fourth-order valence-electron chi connectivity index (χ4n) is 0.432. The van der Waals surface area contributed by atoms with Gasteiger partial charge in [0.15, 0.2) is 0 Å². The monoisotopic (exact) mass is 252 g/mol. The average molecular weight is 252 g/mol. The molecule has 0 rings (SSSR count). The zero-order chi connectivity index (χ0) is 7.11. The number of hydrogen-bond donors (Lipinski definition) is 0. The molecule has 49 valence electrons. The summed E-state index contributed by atoms with van der Waals surface area (Å²) in [7, 11) is 0. The SMILES string of the molecule is C=CC[B][PH+](I)CC=C. The van der Waals surface area contributed by atoms with Gasteiger partial charge in [0.25, 0.3) is 0 Å². The number of rotatable bonds is 5. The lowest BCUT2D eigenvalue weighted by atomic mass is 10.0. The van der Waals surface area contributed by atoms with E-state index in [1.807, 2.05) is 12.2 Å². The first-order chi connectivity index (χ1) is 4.31. The lowest BCUT2D eigenvalue weighted by Crippen LogP contribution is -1.82. The predicted molar refractivity (Wildman–Crippen MR) is 58.2 cm³/mol. The van der Waals surface area contributed by atoms with Crippen LogP contribution in [0.2, 0.25) is 6.32 Å². The lowest BCUT2D eigenvalue weighted by Gasteiger charge is -1.90. The summed E-state index contributed by atoms with van der Waals surface area (Å²) in [6.07, 6.45) is 6.14. The van der Waals surface area contributed by atoms with Crippen LogP contribution < -0.4 is 0 Å². The van der Waals surface area contributed by atoms with Gasteiger partial charge in [-0.1, -0.05) is 18.7 Å².